The first-order valence-corrected chi connectivity index (χ1v) is 10.1. The number of carbonyl (C=O) groups is 4. The Hall–Kier alpha value is -2.61. The lowest BCUT2D eigenvalue weighted by atomic mass is 9.67. The van der Waals surface area contributed by atoms with Gasteiger partial charge in [-0.3, -0.25) is 14.9 Å². The number of carboxylic acid groups (broad SMARTS) is 1. The molecule has 2 saturated carbocycles. The zero-order chi connectivity index (χ0) is 20.8. The Morgan fingerprint density at radius 3 is 2.45 bits per heavy atom. The van der Waals surface area contributed by atoms with Crippen molar-refractivity contribution in [3.63, 3.8) is 0 Å². The van der Waals surface area contributed by atoms with E-state index in [0.29, 0.717) is 23.4 Å². The van der Waals surface area contributed by atoms with Crippen LogP contribution in [0.5, 0.6) is 0 Å². The lowest BCUT2D eigenvalue weighted by Gasteiger charge is -2.44. The van der Waals surface area contributed by atoms with E-state index < -0.39 is 40.8 Å². The van der Waals surface area contributed by atoms with Crippen LogP contribution in [0.1, 0.15) is 44.1 Å². The zero-order valence-corrected chi connectivity index (χ0v) is 16.4. The molecule has 1 saturated heterocycles. The van der Waals surface area contributed by atoms with Gasteiger partial charge in [0.2, 0.25) is 5.91 Å². The van der Waals surface area contributed by atoms with Crippen molar-refractivity contribution < 1.29 is 24.3 Å². The number of nitrogens with one attached hydrogen (secondary N) is 3. The number of aliphatic carboxylic acids is 1. The highest BCUT2D eigenvalue weighted by Crippen LogP contribution is 2.44. The summed E-state index contributed by atoms with van der Waals surface area (Å²) in [6.07, 6.45) is 3.46. The molecule has 4 N–H and O–H groups in total. The Bertz CT molecular complexity index is 892. The smallest absolute Gasteiger partial charge is 0.334 e. The summed E-state index contributed by atoms with van der Waals surface area (Å²) in [5.41, 5.74) is -2.20. The second-order valence-electron chi connectivity index (χ2n) is 8.19. The monoisotopic (exact) mass is 419 g/mol. The van der Waals surface area contributed by atoms with Crippen LogP contribution in [0.15, 0.2) is 24.3 Å². The van der Waals surface area contributed by atoms with E-state index in [1.807, 2.05) is 0 Å². The lowest BCUT2D eigenvalue weighted by Crippen LogP contribution is -2.63. The van der Waals surface area contributed by atoms with Crippen molar-refractivity contribution in [2.75, 3.05) is 0 Å². The van der Waals surface area contributed by atoms with Gasteiger partial charge in [0.05, 0.1) is 0 Å². The fraction of sp³-hybridized carbons (Fsp3) is 0.500. The average molecular weight is 420 g/mol. The summed E-state index contributed by atoms with van der Waals surface area (Å²) < 4.78 is 0. The molecule has 1 aromatic rings. The van der Waals surface area contributed by atoms with Gasteiger partial charge in [-0.15, -0.1) is 0 Å². The molecule has 9 heteroatoms. The number of halogens is 1. The van der Waals surface area contributed by atoms with Gasteiger partial charge in [0.15, 0.2) is 5.54 Å². The zero-order valence-electron chi connectivity index (χ0n) is 15.7. The minimum atomic E-state index is -1.58. The van der Waals surface area contributed by atoms with E-state index in [2.05, 4.69) is 16.0 Å². The van der Waals surface area contributed by atoms with Crippen molar-refractivity contribution in [3.05, 3.63) is 34.9 Å². The van der Waals surface area contributed by atoms with Crippen LogP contribution in [0.2, 0.25) is 5.02 Å². The fourth-order valence-corrected chi connectivity index (χ4v) is 5.12. The summed E-state index contributed by atoms with van der Waals surface area (Å²) in [4.78, 5) is 49.0. The molecule has 1 aliphatic heterocycles. The van der Waals surface area contributed by atoms with Crippen molar-refractivity contribution >= 4 is 35.4 Å². The van der Waals surface area contributed by atoms with Crippen LogP contribution < -0.4 is 16.0 Å². The van der Waals surface area contributed by atoms with Gasteiger partial charge in [0.1, 0.15) is 5.54 Å². The average Bonchev–Trinajstić information content (AvgIpc) is 3.25. The second-order valence-corrected chi connectivity index (χ2v) is 8.63. The maximum Gasteiger partial charge on any atom is 0.334 e. The first-order chi connectivity index (χ1) is 13.8. The van der Waals surface area contributed by atoms with Gasteiger partial charge in [-0.05, 0) is 49.3 Å². The molecule has 8 nitrogen and oxygen atoms in total. The summed E-state index contributed by atoms with van der Waals surface area (Å²) in [7, 11) is 0. The SMILES string of the molecule is O=C1NC(=O)C2(CC(C(=O)N[C@](C(=O)O)(c3cccc(Cl)c3)C3CCCC3)C2)N1. The molecule has 2 aliphatic carbocycles. The molecule has 1 atom stereocenters. The van der Waals surface area contributed by atoms with Crippen molar-refractivity contribution in [1.82, 2.24) is 16.0 Å². The predicted octanol–water partition coefficient (Wildman–Crippen LogP) is 1.91. The molecule has 1 aromatic carbocycles. The quantitative estimate of drug-likeness (QED) is 0.542. The van der Waals surface area contributed by atoms with E-state index in [4.69, 9.17) is 11.6 Å². The number of hydrogen-bond acceptors (Lipinski definition) is 4. The van der Waals surface area contributed by atoms with Crippen LogP contribution in [-0.2, 0) is 19.9 Å². The molecule has 0 bridgehead atoms. The number of imide groups is 1. The van der Waals surface area contributed by atoms with Gasteiger partial charge >= 0.3 is 12.0 Å². The molecule has 0 aromatic heterocycles. The first kappa shape index (κ1) is 19.7. The molecule has 3 aliphatic rings. The molecule has 29 heavy (non-hydrogen) atoms. The molecular formula is C20H22ClN3O5. The van der Waals surface area contributed by atoms with E-state index in [9.17, 15) is 24.3 Å². The van der Waals surface area contributed by atoms with Crippen LogP contribution in [-0.4, -0.2) is 34.5 Å². The Morgan fingerprint density at radius 1 is 1.21 bits per heavy atom. The lowest BCUT2D eigenvalue weighted by molar-refractivity contribution is -0.153. The number of rotatable bonds is 5. The van der Waals surface area contributed by atoms with Crippen molar-refractivity contribution in [1.29, 1.82) is 0 Å². The van der Waals surface area contributed by atoms with Gasteiger partial charge in [0.25, 0.3) is 5.91 Å². The standard InChI is InChI=1S/C20H22ClN3O5/c21-14-7-3-6-13(8-14)20(17(27)28,12-4-1-2-5-12)23-15(25)11-9-19(10-11)16(26)22-18(29)24-19/h3,6-8,11-12H,1-2,4-5,9-10H2,(H,23,25)(H,27,28)(H2,22,24,26,29)/t11?,19?,20-/m0/s1. The Balaban J connectivity index is 1.61. The topological polar surface area (TPSA) is 125 Å². The van der Waals surface area contributed by atoms with Gasteiger partial charge in [-0.2, -0.15) is 0 Å². The number of carbonyl (C=O) groups excluding carboxylic acids is 3. The molecule has 154 valence electrons. The predicted molar refractivity (Wildman–Crippen MR) is 103 cm³/mol. The highest BCUT2D eigenvalue weighted by Gasteiger charge is 2.59. The first-order valence-electron chi connectivity index (χ1n) is 9.72. The van der Waals surface area contributed by atoms with E-state index >= 15 is 0 Å². The summed E-state index contributed by atoms with van der Waals surface area (Å²) in [6.45, 7) is 0. The van der Waals surface area contributed by atoms with E-state index in [0.717, 1.165) is 12.8 Å². The molecule has 1 spiro atoms. The van der Waals surface area contributed by atoms with Crippen molar-refractivity contribution in [2.45, 2.75) is 49.6 Å². The van der Waals surface area contributed by atoms with E-state index in [1.165, 1.54) is 0 Å². The van der Waals surface area contributed by atoms with Crippen molar-refractivity contribution in [2.24, 2.45) is 11.8 Å². The Labute approximate surface area is 172 Å². The molecule has 4 amide bonds. The highest BCUT2D eigenvalue weighted by atomic mass is 35.5. The summed E-state index contributed by atoms with van der Waals surface area (Å²) in [5, 5.41) is 18.2. The van der Waals surface area contributed by atoms with Crippen LogP contribution in [0.3, 0.4) is 0 Å². The maximum absolute atomic E-state index is 13.0. The molecule has 4 rings (SSSR count). The highest BCUT2D eigenvalue weighted by molar-refractivity contribution is 6.30. The largest absolute Gasteiger partial charge is 0.479 e. The van der Waals surface area contributed by atoms with Crippen LogP contribution in [0.25, 0.3) is 0 Å². The second kappa shape index (κ2) is 7.02. The van der Waals surface area contributed by atoms with Gasteiger partial charge in [-0.1, -0.05) is 36.6 Å². The third kappa shape index (κ3) is 3.15. The minimum absolute atomic E-state index is 0.145. The minimum Gasteiger partial charge on any atom is -0.479 e. The van der Waals surface area contributed by atoms with E-state index in [1.54, 1.807) is 24.3 Å². The van der Waals surface area contributed by atoms with Gasteiger partial charge in [-0.25, -0.2) is 9.59 Å². The number of carboxylic acids is 1. The van der Waals surface area contributed by atoms with Crippen molar-refractivity contribution in [3.8, 4) is 0 Å². The Kier molecular flexibility index (Phi) is 4.77. The molecule has 1 heterocycles. The van der Waals surface area contributed by atoms with E-state index in [-0.39, 0.29) is 18.8 Å². The number of hydrogen-bond donors (Lipinski definition) is 4. The third-order valence-corrected chi connectivity index (χ3v) is 6.72. The summed E-state index contributed by atoms with van der Waals surface area (Å²) >= 11 is 6.12. The van der Waals surface area contributed by atoms with Gasteiger partial charge in [0, 0.05) is 10.9 Å². The van der Waals surface area contributed by atoms with Crippen LogP contribution >= 0.6 is 11.6 Å². The van der Waals surface area contributed by atoms with Gasteiger partial charge < -0.3 is 15.7 Å². The van der Waals surface area contributed by atoms with Crippen LogP contribution in [0, 0.1) is 11.8 Å². The number of urea groups is 1. The molecular weight excluding hydrogens is 398 g/mol. The summed E-state index contributed by atoms with van der Waals surface area (Å²) in [5.74, 6) is -2.81. The Morgan fingerprint density at radius 2 is 1.90 bits per heavy atom. The maximum atomic E-state index is 13.0. The number of benzene rings is 1. The normalized spacial score (nSPS) is 28.4. The third-order valence-electron chi connectivity index (χ3n) is 6.48. The molecule has 3 fully saturated rings. The summed E-state index contributed by atoms with van der Waals surface area (Å²) in [6, 6.07) is 6.02. The number of amides is 4. The molecule has 0 unspecified atom stereocenters. The van der Waals surface area contributed by atoms with Crippen LogP contribution in [0.4, 0.5) is 4.79 Å². The molecule has 0 radical (unpaired) electrons. The fourth-order valence-electron chi connectivity index (χ4n) is 4.93.